The zero-order valence-corrected chi connectivity index (χ0v) is 16.6. The van der Waals surface area contributed by atoms with E-state index in [0.717, 1.165) is 18.5 Å². The summed E-state index contributed by atoms with van der Waals surface area (Å²) < 4.78 is 0. The lowest BCUT2D eigenvalue weighted by molar-refractivity contribution is -0.130. The van der Waals surface area contributed by atoms with Crippen LogP contribution in [0, 0.1) is 0 Å². The molecule has 0 aliphatic carbocycles. The molecule has 1 aromatic rings. The number of hydrogen-bond donors (Lipinski definition) is 2. The van der Waals surface area contributed by atoms with Crippen molar-refractivity contribution in [1.29, 1.82) is 0 Å². The van der Waals surface area contributed by atoms with E-state index in [1.165, 1.54) is 0 Å². The summed E-state index contributed by atoms with van der Waals surface area (Å²) in [6.07, 6.45) is 1.41. The molecule has 0 radical (unpaired) electrons. The van der Waals surface area contributed by atoms with Crippen molar-refractivity contribution < 1.29 is 9.59 Å². The van der Waals surface area contributed by atoms with Crippen molar-refractivity contribution in [2.75, 3.05) is 33.2 Å². The molecule has 0 saturated carbocycles. The van der Waals surface area contributed by atoms with Crippen LogP contribution in [0.2, 0.25) is 0 Å². The van der Waals surface area contributed by atoms with Crippen LogP contribution in [0.15, 0.2) is 35.3 Å². The van der Waals surface area contributed by atoms with Gasteiger partial charge in [-0.15, -0.1) is 0 Å². The summed E-state index contributed by atoms with van der Waals surface area (Å²) in [4.78, 5) is 32.2. The van der Waals surface area contributed by atoms with Crippen molar-refractivity contribution >= 4 is 17.8 Å². The van der Waals surface area contributed by atoms with Gasteiger partial charge in [0.1, 0.15) is 0 Å². The van der Waals surface area contributed by atoms with Gasteiger partial charge in [0.25, 0.3) is 0 Å². The van der Waals surface area contributed by atoms with E-state index in [0.29, 0.717) is 32.0 Å². The Morgan fingerprint density at radius 1 is 1.26 bits per heavy atom. The van der Waals surface area contributed by atoms with Crippen molar-refractivity contribution in [2.45, 2.75) is 39.3 Å². The van der Waals surface area contributed by atoms with E-state index in [9.17, 15) is 9.59 Å². The summed E-state index contributed by atoms with van der Waals surface area (Å²) in [5, 5.41) is 6.41. The van der Waals surface area contributed by atoms with Gasteiger partial charge < -0.3 is 20.4 Å². The van der Waals surface area contributed by atoms with Crippen LogP contribution >= 0.6 is 0 Å². The second-order valence-electron chi connectivity index (χ2n) is 6.64. The lowest BCUT2D eigenvalue weighted by Gasteiger charge is -2.23. The van der Waals surface area contributed by atoms with Gasteiger partial charge in [0.2, 0.25) is 11.8 Å². The van der Waals surface area contributed by atoms with Crippen molar-refractivity contribution in [2.24, 2.45) is 4.99 Å². The zero-order valence-electron chi connectivity index (χ0n) is 16.6. The molecule has 1 aliphatic rings. The van der Waals surface area contributed by atoms with Crippen LogP contribution in [0.1, 0.15) is 32.3 Å². The zero-order chi connectivity index (χ0) is 19.6. The number of rotatable bonds is 7. The van der Waals surface area contributed by atoms with Gasteiger partial charge in [-0.3, -0.25) is 14.6 Å². The number of hydrogen-bond acceptors (Lipinski definition) is 3. The van der Waals surface area contributed by atoms with E-state index in [1.54, 1.807) is 7.05 Å². The van der Waals surface area contributed by atoms with Gasteiger partial charge in [-0.1, -0.05) is 37.3 Å². The summed E-state index contributed by atoms with van der Waals surface area (Å²) in [6, 6.07) is 10.1. The highest BCUT2D eigenvalue weighted by molar-refractivity contribution is 5.86. The Kier molecular flexibility index (Phi) is 8.10. The Hall–Kier alpha value is -2.57. The van der Waals surface area contributed by atoms with Crippen LogP contribution in [0.3, 0.4) is 0 Å². The van der Waals surface area contributed by atoms with Crippen molar-refractivity contribution in [1.82, 2.24) is 20.4 Å². The summed E-state index contributed by atoms with van der Waals surface area (Å²) in [5.41, 5.74) is 1.11. The van der Waals surface area contributed by atoms with Crippen molar-refractivity contribution in [3.05, 3.63) is 35.9 Å². The number of nitrogens with zero attached hydrogens (tertiary/aromatic N) is 3. The molecule has 2 rings (SSSR count). The number of amides is 2. The van der Waals surface area contributed by atoms with Crippen LogP contribution in [-0.2, 0) is 16.1 Å². The lowest BCUT2D eigenvalue weighted by Crippen LogP contribution is -2.48. The molecule has 7 heteroatoms. The third-order valence-electron chi connectivity index (χ3n) is 4.77. The maximum Gasteiger partial charge on any atom is 0.242 e. The highest BCUT2D eigenvalue weighted by Crippen LogP contribution is 2.10. The molecule has 148 valence electrons. The van der Waals surface area contributed by atoms with Crippen LogP contribution < -0.4 is 10.6 Å². The number of likely N-dealkylation sites (N-methyl/N-ethyl adjacent to an activating group) is 1. The molecule has 2 amide bonds. The fourth-order valence-corrected chi connectivity index (χ4v) is 3.17. The summed E-state index contributed by atoms with van der Waals surface area (Å²) >= 11 is 0. The first-order valence-corrected chi connectivity index (χ1v) is 9.64. The van der Waals surface area contributed by atoms with E-state index in [-0.39, 0.29) is 24.4 Å². The Balaban J connectivity index is 1.80. The van der Waals surface area contributed by atoms with E-state index in [2.05, 4.69) is 15.6 Å². The highest BCUT2D eigenvalue weighted by atomic mass is 16.2. The quantitative estimate of drug-likeness (QED) is 0.556. The number of carbonyl (C=O) groups is 2. The molecule has 1 fully saturated rings. The normalized spacial score (nSPS) is 16.9. The maximum atomic E-state index is 12.5. The molecule has 1 heterocycles. The first-order chi connectivity index (χ1) is 13.1. The topological polar surface area (TPSA) is 77.0 Å². The monoisotopic (exact) mass is 373 g/mol. The van der Waals surface area contributed by atoms with E-state index < -0.39 is 0 Å². The summed E-state index contributed by atoms with van der Waals surface area (Å²) in [6.45, 7) is 6.73. The number of guanidine groups is 1. The number of nitrogens with one attached hydrogen (secondary N) is 2. The van der Waals surface area contributed by atoms with Crippen LogP contribution in [0.4, 0.5) is 0 Å². The smallest absolute Gasteiger partial charge is 0.242 e. The predicted molar refractivity (Wildman–Crippen MR) is 107 cm³/mol. The largest absolute Gasteiger partial charge is 0.352 e. The van der Waals surface area contributed by atoms with Gasteiger partial charge in [-0.25, -0.2) is 0 Å². The van der Waals surface area contributed by atoms with E-state index in [4.69, 9.17) is 0 Å². The minimum absolute atomic E-state index is 0.0264. The Labute approximate surface area is 161 Å². The molecule has 0 spiro atoms. The Morgan fingerprint density at radius 3 is 2.63 bits per heavy atom. The van der Waals surface area contributed by atoms with Crippen LogP contribution in [0.25, 0.3) is 0 Å². The predicted octanol–water partition coefficient (Wildman–Crippen LogP) is 1.21. The number of benzene rings is 1. The highest BCUT2D eigenvalue weighted by Gasteiger charge is 2.26. The standard InChI is InChI=1S/C20H31N5O2/c1-4-18(26)25-12-11-17(15-25)23-20(21-3)22-13-19(27)24(5-2)14-16-9-7-6-8-10-16/h6-10,17H,4-5,11-15H2,1-3H3,(H2,21,22,23). The second kappa shape index (κ2) is 10.5. The van der Waals surface area contributed by atoms with Crippen molar-refractivity contribution in [3.8, 4) is 0 Å². The molecule has 1 atom stereocenters. The van der Waals surface area contributed by atoms with Crippen LogP contribution in [-0.4, -0.2) is 66.8 Å². The van der Waals surface area contributed by atoms with E-state index in [1.807, 2.05) is 54.0 Å². The fourth-order valence-electron chi connectivity index (χ4n) is 3.17. The third kappa shape index (κ3) is 6.27. The molecule has 27 heavy (non-hydrogen) atoms. The van der Waals surface area contributed by atoms with Gasteiger partial charge in [0, 0.05) is 45.7 Å². The molecular formula is C20H31N5O2. The maximum absolute atomic E-state index is 12.5. The Bertz CT molecular complexity index is 647. The minimum Gasteiger partial charge on any atom is -0.352 e. The van der Waals surface area contributed by atoms with Crippen LogP contribution in [0.5, 0.6) is 0 Å². The number of carbonyl (C=O) groups excluding carboxylic acids is 2. The second-order valence-corrected chi connectivity index (χ2v) is 6.64. The van der Waals surface area contributed by atoms with Gasteiger partial charge >= 0.3 is 0 Å². The summed E-state index contributed by atoms with van der Waals surface area (Å²) in [5.74, 6) is 0.797. The van der Waals surface area contributed by atoms with Gasteiger partial charge in [0.15, 0.2) is 5.96 Å². The summed E-state index contributed by atoms with van der Waals surface area (Å²) in [7, 11) is 1.69. The van der Waals surface area contributed by atoms with E-state index >= 15 is 0 Å². The first-order valence-electron chi connectivity index (χ1n) is 9.64. The van der Waals surface area contributed by atoms with Gasteiger partial charge in [0.05, 0.1) is 6.54 Å². The molecule has 1 aliphatic heterocycles. The molecule has 1 aromatic carbocycles. The molecule has 1 unspecified atom stereocenters. The van der Waals surface area contributed by atoms with Gasteiger partial charge in [-0.2, -0.15) is 0 Å². The number of likely N-dealkylation sites (tertiary alicyclic amines) is 1. The molecular weight excluding hydrogens is 342 g/mol. The van der Waals surface area contributed by atoms with Gasteiger partial charge in [-0.05, 0) is 18.9 Å². The molecule has 0 aromatic heterocycles. The Morgan fingerprint density at radius 2 is 2.00 bits per heavy atom. The minimum atomic E-state index is 0.0264. The van der Waals surface area contributed by atoms with Crippen molar-refractivity contribution in [3.63, 3.8) is 0 Å². The molecule has 0 bridgehead atoms. The SMILES string of the molecule is CCC(=O)N1CCC(NC(=NC)NCC(=O)N(CC)Cc2ccccc2)C1. The average molecular weight is 374 g/mol. The average Bonchev–Trinajstić information content (AvgIpc) is 3.17. The third-order valence-corrected chi connectivity index (χ3v) is 4.77. The lowest BCUT2D eigenvalue weighted by atomic mass is 10.2. The molecule has 2 N–H and O–H groups in total. The molecule has 1 saturated heterocycles. The molecule has 7 nitrogen and oxygen atoms in total. The first kappa shape index (κ1) is 20.7. The number of aliphatic imine (C=N–C) groups is 1. The fraction of sp³-hybridized carbons (Fsp3) is 0.550.